The molecule has 0 fully saturated rings. The topological polar surface area (TPSA) is 37.3 Å². The molecule has 17 heavy (non-hydrogen) atoms. The van der Waals surface area contributed by atoms with Crippen LogP contribution in [0.4, 0.5) is 0 Å². The van der Waals surface area contributed by atoms with Crippen LogP contribution in [0, 0.1) is 20.8 Å². The predicted octanol–water partition coefficient (Wildman–Crippen LogP) is 3.66. The van der Waals surface area contributed by atoms with Gasteiger partial charge in [-0.2, -0.15) is 0 Å². The zero-order valence-electron chi connectivity index (χ0n) is 10.7. The number of allylic oxidation sites excluding steroid dienone is 3. The van der Waals surface area contributed by atoms with Crippen molar-refractivity contribution in [1.29, 1.82) is 0 Å². The molecule has 0 bridgehead atoms. The summed E-state index contributed by atoms with van der Waals surface area (Å²) in [4.78, 5) is 10.4. The van der Waals surface area contributed by atoms with Crippen LogP contribution in [0.25, 0.3) is 5.57 Å². The normalized spacial score (nSPS) is 12.1. The number of aliphatic carboxylic acids is 1. The van der Waals surface area contributed by atoms with Gasteiger partial charge < -0.3 is 5.11 Å². The molecular formula is C15H18O2. The Bertz CT molecular complexity index is 494. The third kappa shape index (κ3) is 3.31. The summed E-state index contributed by atoms with van der Waals surface area (Å²) in [5.74, 6) is -0.925. The van der Waals surface area contributed by atoms with Crippen LogP contribution in [-0.4, -0.2) is 11.1 Å². The smallest absolute Gasteiger partial charge is 0.328 e. The van der Waals surface area contributed by atoms with Gasteiger partial charge in [0.15, 0.2) is 0 Å². The quantitative estimate of drug-likeness (QED) is 0.635. The highest BCUT2D eigenvalue weighted by Crippen LogP contribution is 2.23. The van der Waals surface area contributed by atoms with Crippen LogP contribution in [0.5, 0.6) is 0 Å². The van der Waals surface area contributed by atoms with Crippen LogP contribution in [0.1, 0.15) is 29.2 Å². The van der Waals surface area contributed by atoms with E-state index in [1.54, 1.807) is 6.08 Å². The first-order valence-corrected chi connectivity index (χ1v) is 5.58. The Labute approximate surface area is 102 Å². The van der Waals surface area contributed by atoms with Crippen molar-refractivity contribution >= 4 is 11.5 Å². The van der Waals surface area contributed by atoms with Crippen molar-refractivity contribution in [3.05, 3.63) is 52.6 Å². The first-order valence-electron chi connectivity index (χ1n) is 5.58. The molecule has 1 N–H and O–H groups in total. The van der Waals surface area contributed by atoms with E-state index < -0.39 is 5.97 Å². The molecule has 90 valence electrons. The third-order valence-corrected chi connectivity index (χ3v) is 3.07. The van der Waals surface area contributed by atoms with Gasteiger partial charge >= 0.3 is 5.97 Å². The fourth-order valence-electron chi connectivity index (χ4n) is 1.75. The van der Waals surface area contributed by atoms with Crippen molar-refractivity contribution < 1.29 is 9.90 Å². The van der Waals surface area contributed by atoms with E-state index in [2.05, 4.69) is 32.9 Å². The molecule has 1 rings (SSSR count). The first kappa shape index (κ1) is 13.2. The van der Waals surface area contributed by atoms with Gasteiger partial charge in [0.05, 0.1) is 0 Å². The van der Waals surface area contributed by atoms with Crippen LogP contribution in [0.3, 0.4) is 0 Å². The Kier molecular flexibility index (Phi) is 4.27. The van der Waals surface area contributed by atoms with E-state index in [0.717, 1.165) is 11.6 Å². The number of aryl methyl sites for hydroxylation is 1. The molecule has 0 radical (unpaired) electrons. The van der Waals surface area contributed by atoms with Crippen LogP contribution in [0.15, 0.2) is 30.4 Å². The predicted molar refractivity (Wildman–Crippen MR) is 71.1 cm³/mol. The van der Waals surface area contributed by atoms with Crippen LogP contribution in [0.2, 0.25) is 0 Å². The molecule has 0 amide bonds. The lowest BCUT2D eigenvalue weighted by atomic mass is 9.94. The maximum atomic E-state index is 10.4. The summed E-state index contributed by atoms with van der Waals surface area (Å²) in [6.07, 6.45) is 4.53. The number of benzene rings is 1. The summed E-state index contributed by atoms with van der Waals surface area (Å²) in [5, 5.41) is 8.52. The summed E-state index contributed by atoms with van der Waals surface area (Å²) in [6.45, 7) is 8.28. The molecule has 0 saturated heterocycles. The molecule has 1 aromatic carbocycles. The van der Waals surface area contributed by atoms with E-state index in [1.807, 2.05) is 13.0 Å². The molecule has 0 saturated carbocycles. The average Bonchev–Trinajstić information content (AvgIpc) is 2.25. The molecular weight excluding hydrogens is 212 g/mol. The van der Waals surface area contributed by atoms with Crippen molar-refractivity contribution in [2.24, 2.45) is 0 Å². The number of carbonyl (C=O) groups is 1. The molecule has 1 aromatic rings. The number of rotatable bonds is 3. The van der Waals surface area contributed by atoms with E-state index in [4.69, 9.17) is 5.11 Å². The van der Waals surface area contributed by atoms with Crippen molar-refractivity contribution in [2.75, 3.05) is 0 Å². The largest absolute Gasteiger partial charge is 0.478 e. The first-order chi connectivity index (χ1) is 7.93. The van der Waals surface area contributed by atoms with Crippen molar-refractivity contribution in [2.45, 2.75) is 27.7 Å². The van der Waals surface area contributed by atoms with Gasteiger partial charge in [-0.1, -0.05) is 24.3 Å². The Morgan fingerprint density at radius 2 is 1.82 bits per heavy atom. The third-order valence-electron chi connectivity index (χ3n) is 3.07. The molecule has 0 spiro atoms. The molecule has 0 aromatic heterocycles. The zero-order valence-corrected chi connectivity index (χ0v) is 10.7. The Morgan fingerprint density at radius 1 is 1.18 bits per heavy atom. The van der Waals surface area contributed by atoms with Gasteiger partial charge in [-0.05, 0) is 55.5 Å². The van der Waals surface area contributed by atoms with Crippen molar-refractivity contribution in [1.82, 2.24) is 0 Å². The second-order valence-electron chi connectivity index (χ2n) is 4.23. The van der Waals surface area contributed by atoms with Gasteiger partial charge in [0.25, 0.3) is 0 Å². The lowest BCUT2D eigenvalue weighted by Crippen LogP contribution is -1.92. The molecule has 0 heterocycles. The number of hydrogen-bond acceptors (Lipinski definition) is 1. The Morgan fingerprint density at radius 3 is 2.41 bits per heavy atom. The molecule has 2 nitrogen and oxygen atoms in total. The summed E-state index contributed by atoms with van der Waals surface area (Å²) < 4.78 is 0. The van der Waals surface area contributed by atoms with E-state index in [1.165, 1.54) is 22.3 Å². The molecule has 2 heteroatoms. The molecule has 0 unspecified atom stereocenters. The fourth-order valence-corrected chi connectivity index (χ4v) is 1.75. The second kappa shape index (κ2) is 5.48. The van der Waals surface area contributed by atoms with Gasteiger partial charge in [-0.25, -0.2) is 4.79 Å². The van der Waals surface area contributed by atoms with Gasteiger partial charge in [-0.3, -0.25) is 0 Å². The summed E-state index contributed by atoms with van der Waals surface area (Å²) in [7, 11) is 0. The number of carboxylic acids is 1. The lowest BCUT2D eigenvalue weighted by molar-refractivity contribution is -0.131. The minimum Gasteiger partial charge on any atom is -0.478 e. The minimum absolute atomic E-state index is 0.925. The SMILES string of the molecule is C/C(=C\C=C\C(=O)O)c1ccc(C)c(C)c1C. The number of carboxylic acid groups (broad SMARTS) is 1. The molecule has 0 aliphatic heterocycles. The maximum absolute atomic E-state index is 10.4. The van der Waals surface area contributed by atoms with Gasteiger partial charge in [0.2, 0.25) is 0 Å². The Hall–Kier alpha value is -1.83. The highest BCUT2D eigenvalue weighted by molar-refractivity contribution is 5.81. The highest BCUT2D eigenvalue weighted by Gasteiger charge is 2.04. The Balaban J connectivity index is 3.09. The van der Waals surface area contributed by atoms with E-state index >= 15 is 0 Å². The van der Waals surface area contributed by atoms with Crippen LogP contribution in [-0.2, 0) is 4.79 Å². The monoisotopic (exact) mass is 230 g/mol. The van der Waals surface area contributed by atoms with E-state index in [0.29, 0.717) is 0 Å². The molecule has 0 aliphatic carbocycles. The molecule has 0 atom stereocenters. The second-order valence-corrected chi connectivity index (χ2v) is 4.23. The summed E-state index contributed by atoms with van der Waals surface area (Å²) >= 11 is 0. The van der Waals surface area contributed by atoms with E-state index in [9.17, 15) is 4.79 Å². The maximum Gasteiger partial charge on any atom is 0.328 e. The lowest BCUT2D eigenvalue weighted by Gasteiger charge is -2.11. The van der Waals surface area contributed by atoms with Crippen LogP contribution < -0.4 is 0 Å². The zero-order chi connectivity index (χ0) is 13.0. The highest BCUT2D eigenvalue weighted by atomic mass is 16.4. The average molecular weight is 230 g/mol. The van der Waals surface area contributed by atoms with Gasteiger partial charge in [-0.15, -0.1) is 0 Å². The standard InChI is InChI=1S/C15H18O2/c1-10-8-9-14(13(4)12(10)3)11(2)6-5-7-15(16)17/h5-9H,1-4H3,(H,16,17)/b7-5+,11-6+. The fraction of sp³-hybridized carbons (Fsp3) is 0.267. The summed E-state index contributed by atoms with van der Waals surface area (Å²) in [6, 6.07) is 4.17. The van der Waals surface area contributed by atoms with Crippen molar-refractivity contribution in [3.8, 4) is 0 Å². The number of hydrogen-bond donors (Lipinski definition) is 1. The van der Waals surface area contributed by atoms with Crippen molar-refractivity contribution in [3.63, 3.8) is 0 Å². The summed E-state index contributed by atoms with van der Waals surface area (Å²) in [5.41, 5.74) is 6.06. The van der Waals surface area contributed by atoms with Gasteiger partial charge in [0.1, 0.15) is 0 Å². The minimum atomic E-state index is -0.925. The van der Waals surface area contributed by atoms with Gasteiger partial charge in [0, 0.05) is 6.08 Å². The molecule has 0 aliphatic rings. The van der Waals surface area contributed by atoms with Crippen LogP contribution >= 0.6 is 0 Å². The van der Waals surface area contributed by atoms with E-state index in [-0.39, 0.29) is 0 Å².